The molecule has 9 heteroatoms. The molecule has 2 aromatic heterocycles. The Morgan fingerprint density at radius 2 is 1.79 bits per heavy atom. The van der Waals surface area contributed by atoms with Crippen LogP contribution in [0.2, 0.25) is 0 Å². The van der Waals surface area contributed by atoms with Crippen molar-refractivity contribution in [2.75, 3.05) is 33.2 Å². The van der Waals surface area contributed by atoms with E-state index < -0.39 is 11.7 Å². The third-order valence-corrected chi connectivity index (χ3v) is 7.06. The van der Waals surface area contributed by atoms with Crippen LogP contribution in [0.1, 0.15) is 43.7 Å². The molecule has 5 rings (SSSR count). The number of alkyl halides is 3. The van der Waals surface area contributed by atoms with Gasteiger partial charge in [0.2, 0.25) is 0 Å². The van der Waals surface area contributed by atoms with E-state index in [9.17, 15) is 18.0 Å². The number of aromatic amines is 1. The fraction of sp³-hybridized carbons (Fsp3) is 0.300. The number of aryl methyl sites for hydroxylation is 1. The molecule has 0 saturated carbocycles. The van der Waals surface area contributed by atoms with E-state index in [-0.39, 0.29) is 24.3 Å². The molecule has 1 fully saturated rings. The Labute approximate surface area is 224 Å². The topological polar surface area (TPSA) is 65.1 Å². The molecule has 1 aliphatic heterocycles. The molecule has 4 aromatic rings. The zero-order valence-electron chi connectivity index (χ0n) is 21.8. The summed E-state index contributed by atoms with van der Waals surface area (Å²) in [5.74, 6) is 5.90. The van der Waals surface area contributed by atoms with Crippen molar-refractivity contribution in [2.24, 2.45) is 0 Å². The SMILES string of the molecule is Cc1ccc(C(=O)Cc2ccc(CN3CCN(C)CC3)c(C(F)(F)F)c2)cc1C#Cc1cncc2[nH]cnc12. The van der Waals surface area contributed by atoms with Gasteiger partial charge < -0.3 is 9.88 Å². The number of carbonyl (C=O) groups is 1. The van der Waals surface area contributed by atoms with E-state index in [2.05, 4.69) is 31.7 Å². The summed E-state index contributed by atoms with van der Waals surface area (Å²) in [6, 6.07) is 9.44. The van der Waals surface area contributed by atoms with Crippen LogP contribution < -0.4 is 0 Å². The number of ketones is 1. The molecule has 200 valence electrons. The number of H-pyrrole nitrogens is 1. The van der Waals surface area contributed by atoms with Gasteiger partial charge in [0.25, 0.3) is 0 Å². The molecule has 3 heterocycles. The number of carbonyl (C=O) groups excluding carboxylic acids is 1. The van der Waals surface area contributed by atoms with Gasteiger partial charge in [0.15, 0.2) is 5.78 Å². The Balaban J connectivity index is 1.35. The van der Waals surface area contributed by atoms with Crippen molar-refractivity contribution in [1.29, 1.82) is 0 Å². The first kappa shape index (κ1) is 26.6. The highest BCUT2D eigenvalue weighted by molar-refractivity contribution is 5.98. The molecule has 0 unspecified atom stereocenters. The normalized spacial score (nSPS) is 14.8. The van der Waals surface area contributed by atoms with Crippen LogP contribution in [0, 0.1) is 18.8 Å². The number of nitrogens with one attached hydrogen (secondary N) is 1. The number of imidazole rings is 1. The number of hydrogen-bond donors (Lipinski definition) is 1. The molecule has 0 atom stereocenters. The molecule has 6 nitrogen and oxygen atoms in total. The van der Waals surface area contributed by atoms with Crippen LogP contribution in [0.25, 0.3) is 11.0 Å². The lowest BCUT2D eigenvalue weighted by Gasteiger charge is -2.33. The number of pyridine rings is 1. The third-order valence-electron chi connectivity index (χ3n) is 7.06. The summed E-state index contributed by atoms with van der Waals surface area (Å²) in [7, 11) is 2.01. The highest BCUT2D eigenvalue weighted by Crippen LogP contribution is 2.34. The average molecular weight is 532 g/mol. The minimum absolute atomic E-state index is 0.135. The van der Waals surface area contributed by atoms with Crippen LogP contribution in [-0.4, -0.2) is 63.8 Å². The van der Waals surface area contributed by atoms with Gasteiger partial charge in [-0.3, -0.25) is 14.7 Å². The number of benzene rings is 2. The van der Waals surface area contributed by atoms with Gasteiger partial charge in [-0.1, -0.05) is 36.1 Å². The van der Waals surface area contributed by atoms with E-state index in [4.69, 9.17) is 0 Å². The van der Waals surface area contributed by atoms with Crippen molar-refractivity contribution < 1.29 is 18.0 Å². The number of rotatable bonds is 5. The maximum Gasteiger partial charge on any atom is 0.416 e. The highest BCUT2D eigenvalue weighted by atomic mass is 19.4. The lowest BCUT2D eigenvalue weighted by Crippen LogP contribution is -2.44. The van der Waals surface area contributed by atoms with Crippen LogP contribution in [-0.2, 0) is 19.1 Å². The van der Waals surface area contributed by atoms with Crippen molar-refractivity contribution in [3.05, 3.63) is 94.1 Å². The highest BCUT2D eigenvalue weighted by Gasteiger charge is 2.34. The number of Topliss-reactive ketones (excluding diaryl/α,β-unsaturated/α-hetero) is 1. The van der Waals surface area contributed by atoms with Crippen LogP contribution in [0.15, 0.2) is 55.1 Å². The molecular weight excluding hydrogens is 503 g/mol. The van der Waals surface area contributed by atoms with Crippen molar-refractivity contribution in [1.82, 2.24) is 24.8 Å². The zero-order chi connectivity index (χ0) is 27.6. The predicted octanol–water partition coefficient (Wildman–Crippen LogP) is 4.86. The average Bonchev–Trinajstić information content (AvgIpc) is 3.39. The quantitative estimate of drug-likeness (QED) is 0.295. The van der Waals surface area contributed by atoms with Gasteiger partial charge >= 0.3 is 6.18 Å². The fourth-order valence-corrected chi connectivity index (χ4v) is 4.69. The van der Waals surface area contributed by atoms with Gasteiger partial charge in [-0.2, -0.15) is 13.2 Å². The van der Waals surface area contributed by atoms with Gasteiger partial charge in [-0.15, -0.1) is 0 Å². The van der Waals surface area contributed by atoms with E-state index in [0.717, 1.165) is 43.3 Å². The Morgan fingerprint density at radius 3 is 2.56 bits per heavy atom. The molecule has 1 saturated heterocycles. The minimum atomic E-state index is -4.50. The second-order valence-electron chi connectivity index (χ2n) is 9.93. The summed E-state index contributed by atoms with van der Waals surface area (Å²) in [6.07, 6.45) is 0.239. The number of fused-ring (bicyclic) bond motifs is 1. The smallest absolute Gasteiger partial charge is 0.343 e. The Morgan fingerprint density at radius 1 is 1.03 bits per heavy atom. The van der Waals surface area contributed by atoms with Crippen molar-refractivity contribution in [2.45, 2.75) is 26.1 Å². The number of nitrogens with zero attached hydrogens (tertiary/aromatic N) is 4. The van der Waals surface area contributed by atoms with Gasteiger partial charge in [-0.05, 0) is 42.8 Å². The van der Waals surface area contributed by atoms with Crippen molar-refractivity contribution in [3.63, 3.8) is 0 Å². The first-order valence-corrected chi connectivity index (χ1v) is 12.7. The molecule has 1 aliphatic rings. The molecule has 0 radical (unpaired) electrons. The largest absolute Gasteiger partial charge is 0.416 e. The second-order valence-corrected chi connectivity index (χ2v) is 9.93. The first-order valence-electron chi connectivity index (χ1n) is 12.7. The van der Waals surface area contributed by atoms with Gasteiger partial charge in [0.1, 0.15) is 5.52 Å². The molecule has 0 amide bonds. The molecule has 0 bridgehead atoms. The minimum Gasteiger partial charge on any atom is -0.343 e. The Hall–Kier alpha value is -4.00. The fourth-order valence-electron chi connectivity index (χ4n) is 4.69. The lowest BCUT2D eigenvalue weighted by molar-refractivity contribution is -0.138. The molecule has 0 aliphatic carbocycles. The number of likely N-dealkylation sites (N-methyl/N-ethyl adjacent to an activating group) is 1. The van der Waals surface area contributed by atoms with Crippen molar-refractivity contribution in [3.8, 4) is 11.8 Å². The third kappa shape index (κ3) is 6.19. The van der Waals surface area contributed by atoms with E-state index in [1.165, 1.54) is 6.07 Å². The first-order chi connectivity index (χ1) is 18.7. The summed E-state index contributed by atoms with van der Waals surface area (Å²) < 4.78 is 41.9. The summed E-state index contributed by atoms with van der Waals surface area (Å²) in [5.41, 5.74) is 3.96. The monoisotopic (exact) mass is 531 g/mol. The number of aromatic nitrogens is 3. The van der Waals surface area contributed by atoms with E-state index in [0.29, 0.717) is 27.8 Å². The van der Waals surface area contributed by atoms with Crippen LogP contribution in [0.3, 0.4) is 0 Å². The Kier molecular flexibility index (Phi) is 7.51. The maximum absolute atomic E-state index is 14.0. The number of halogens is 3. The summed E-state index contributed by atoms with van der Waals surface area (Å²) in [6.45, 7) is 5.22. The molecule has 2 aromatic carbocycles. The van der Waals surface area contributed by atoms with E-state index in [1.54, 1.807) is 43.0 Å². The summed E-state index contributed by atoms with van der Waals surface area (Å²) in [4.78, 5) is 28.8. The lowest BCUT2D eigenvalue weighted by atomic mass is 9.96. The van der Waals surface area contributed by atoms with E-state index in [1.807, 2.05) is 18.9 Å². The van der Waals surface area contributed by atoms with Gasteiger partial charge in [0.05, 0.1) is 29.2 Å². The number of hydrogen-bond acceptors (Lipinski definition) is 5. The maximum atomic E-state index is 14.0. The van der Waals surface area contributed by atoms with Crippen molar-refractivity contribution >= 4 is 16.8 Å². The number of piperazine rings is 1. The predicted molar refractivity (Wildman–Crippen MR) is 143 cm³/mol. The van der Waals surface area contributed by atoms with Crippen LogP contribution in [0.4, 0.5) is 13.2 Å². The molecule has 39 heavy (non-hydrogen) atoms. The summed E-state index contributed by atoms with van der Waals surface area (Å²) in [5, 5.41) is 0. The van der Waals surface area contributed by atoms with Gasteiger partial charge in [-0.25, -0.2) is 4.98 Å². The van der Waals surface area contributed by atoms with Gasteiger partial charge in [0, 0.05) is 56.5 Å². The summed E-state index contributed by atoms with van der Waals surface area (Å²) >= 11 is 0. The van der Waals surface area contributed by atoms with Crippen LogP contribution in [0.5, 0.6) is 0 Å². The standard InChI is InChI=1S/C30H28F3N5O/c1-20-3-5-23(15-22(20)7-8-24-16-34-17-27-29(24)36-19-35-27)28(39)14-21-4-6-25(26(13-21)30(31,32)33)18-38-11-9-37(2)10-12-38/h3-6,13,15-17,19H,9-12,14,18H2,1-2H3,(H,35,36). The molecule has 1 N–H and O–H groups in total. The second kappa shape index (κ2) is 11.0. The zero-order valence-corrected chi connectivity index (χ0v) is 21.8. The molecular formula is C30H28F3N5O. The van der Waals surface area contributed by atoms with Crippen LogP contribution >= 0.6 is 0 Å². The molecule has 0 spiro atoms. The Bertz CT molecular complexity index is 1570. The van der Waals surface area contributed by atoms with E-state index >= 15 is 0 Å².